The number of anilines is 1. The van der Waals surface area contributed by atoms with E-state index in [1.807, 2.05) is 24.0 Å². The molecular weight excluding hydrogens is 302 g/mol. The highest BCUT2D eigenvalue weighted by atomic mass is 32.1. The van der Waals surface area contributed by atoms with Crippen LogP contribution in [0, 0.1) is 17.0 Å². The van der Waals surface area contributed by atoms with E-state index in [0.717, 1.165) is 18.5 Å². The number of nitro groups is 1. The molecule has 0 amide bonds. The van der Waals surface area contributed by atoms with Crippen molar-refractivity contribution < 1.29 is 4.92 Å². The number of non-ortho nitro benzene ring substituents is 1. The van der Waals surface area contributed by atoms with E-state index in [1.165, 1.54) is 12.1 Å². The Bertz CT molecular complexity index is 671. The van der Waals surface area contributed by atoms with E-state index in [-0.39, 0.29) is 5.69 Å². The van der Waals surface area contributed by atoms with E-state index in [1.54, 1.807) is 12.1 Å². The summed E-state index contributed by atoms with van der Waals surface area (Å²) in [4.78, 5) is 10.3. The van der Waals surface area contributed by atoms with Gasteiger partial charge in [0.25, 0.3) is 5.69 Å². The van der Waals surface area contributed by atoms with Crippen LogP contribution in [0.2, 0.25) is 0 Å². The van der Waals surface area contributed by atoms with E-state index in [0.29, 0.717) is 17.3 Å². The Balaban J connectivity index is 1.73. The van der Waals surface area contributed by atoms with Crippen LogP contribution >= 0.6 is 12.2 Å². The highest BCUT2D eigenvalue weighted by molar-refractivity contribution is 7.80. The fraction of sp³-hybridized carbons (Fsp3) is 0.286. The number of nitrogens with zero attached hydrogens (tertiary/aromatic N) is 3. The first-order valence-corrected chi connectivity index (χ1v) is 7.24. The summed E-state index contributed by atoms with van der Waals surface area (Å²) in [6.07, 6.45) is 4.68. The summed E-state index contributed by atoms with van der Waals surface area (Å²) in [5.41, 5.74) is 1.76. The average molecular weight is 319 g/mol. The minimum Gasteiger partial charge on any atom is -0.362 e. The molecule has 2 rings (SSSR count). The zero-order valence-electron chi connectivity index (χ0n) is 12.2. The van der Waals surface area contributed by atoms with Crippen LogP contribution < -0.4 is 10.6 Å². The van der Waals surface area contributed by atoms with Gasteiger partial charge in [-0.2, -0.15) is 5.10 Å². The lowest BCUT2D eigenvalue weighted by Gasteiger charge is -2.10. The second-order valence-electron chi connectivity index (χ2n) is 4.82. The summed E-state index contributed by atoms with van der Waals surface area (Å²) in [7, 11) is 0. The first kappa shape index (κ1) is 15.9. The highest BCUT2D eigenvalue weighted by Crippen LogP contribution is 2.16. The maximum Gasteiger partial charge on any atom is 0.271 e. The van der Waals surface area contributed by atoms with Crippen molar-refractivity contribution in [3.8, 4) is 0 Å². The molecule has 0 spiro atoms. The zero-order valence-corrected chi connectivity index (χ0v) is 13.0. The van der Waals surface area contributed by atoms with Gasteiger partial charge in [-0.15, -0.1) is 0 Å². The van der Waals surface area contributed by atoms with Crippen LogP contribution in [0.5, 0.6) is 0 Å². The van der Waals surface area contributed by atoms with Crippen molar-refractivity contribution in [1.82, 2.24) is 15.1 Å². The van der Waals surface area contributed by atoms with Gasteiger partial charge < -0.3 is 10.6 Å². The molecule has 0 atom stereocenters. The Hall–Kier alpha value is -2.48. The number of thiocarbonyl (C=S) groups is 1. The third-order valence-corrected chi connectivity index (χ3v) is 3.17. The van der Waals surface area contributed by atoms with E-state index in [4.69, 9.17) is 12.2 Å². The number of nitrogens with one attached hydrogen (secondary N) is 2. The van der Waals surface area contributed by atoms with Gasteiger partial charge in [-0.1, -0.05) is 6.07 Å². The lowest BCUT2D eigenvalue weighted by atomic mass is 10.3. The quantitative estimate of drug-likeness (QED) is 0.368. The molecule has 22 heavy (non-hydrogen) atoms. The van der Waals surface area contributed by atoms with Gasteiger partial charge in [-0.3, -0.25) is 14.8 Å². The molecule has 0 aliphatic rings. The van der Waals surface area contributed by atoms with Gasteiger partial charge in [0.15, 0.2) is 5.11 Å². The number of rotatable bonds is 6. The van der Waals surface area contributed by atoms with Gasteiger partial charge in [0, 0.05) is 37.1 Å². The molecule has 1 aromatic carbocycles. The van der Waals surface area contributed by atoms with Crippen molar-refractivity contribution in [1.29, 1.82) is 0 Å². The van der Waals surface area contributed by atoms with E-state index in [9.17, 15) is 10.1 Å². The molecule has 2 N–H and O–H groups in total. The van der Waals surface area contributed by atoms with Crippen LogP contribution in [0.3, 0.4) is 0 Å². The Morgan fingerprint density at radius 2 is 2.32 bits per heavy atom. The highest BCUT2D eigenvalue weighted by Gasteiger charge is 2.06. The SMILES string of the molecule is Cc1cnn(CCCNC(=S)Nc2cccc([N+](=O)[O-])c2)c1. The van der Waals surface area contributed by atoms with E-state index in [2.05, 4.69) is 15.7 Å². The predicted molar refractivity (Wildman–Crippen MR) is 88.9 cm³/mol. The van der Waals surface area contributed by atoms with Gasteiger partial charge in [-0.05, 0) is 37.2 Å². The van der Waals surface area contributed by atoms with Gasteiger partial charge in [0.2, 0.25) is 0 Å². The second-order valence-corrected chi connectivity index (χ2v) is 5.23. The second kappa shape index (κ2) is 7.51. The number of aryl methyl sites for hydroxylation is 2. The molecule has 0 aliphatic heterocycles. The molecule has 8 heteroatoms. The van der Waals surface area contributed by atoms with Crippen LogP contribution in [0.25, 0.3) is 0 Å². The molecule has 1 heterocycles. The molecule has 0 bridgehead atoms. The smallest absolute Gasteiger partial charge is 0.271 e. The first-order valence-electron chi connectivity index (χ1n) is 6.83. The van der Waals surface area contributed by atoms with Gasteiger partial charge in [0.1, 0.15) is 0 Å². The van der Waals surface area contributed by atoms with Crippen molar-refractivity contribution in [2.75, 3.05) is 11.9 Å². The third kappa shape index (κ3) is 4.81. The average Bonchev–Trinajstić information content (AvgIpc) is 2.89. The molecule has 0 aliphatic carbocycles. The van der Waals surface area contributed by atoms with Crippen molar-refractivity contribution in [3.63, 3.8) is 0 Å². The summed E-state index contributed by atoms with van der Waals surface area (Å²) in [6.45, 7) is 3.50. The van der Waals surface area contributed by atoms with Crippen molar-refractivity contribution in [2.24, 2.45) is 0 Å². The largest absolute Gasteiger partial charge is 0.362 e. The first-order chi connectivity index (χ1) is 10.5. The molecule has 0 saturated carbocycles. The number of aromatic nitrogens is 2. The van der Waals surface area contributed by atoms with Crippen LogP contribution in [-0.4, -0.2) is 26.4 Å². The normalized spacial score (nSPS) is 10.2. The molecule has 0 fully saturated rings. The van der Waals surface area contributed by atoms with E-state index < -0.39 is 4.92 Å². The lowest BCUT2D eigenvalue weighted by molar-refractivity contribution is -0.384. The topological polar surface area (TPSA) is 85.0 Å². The predicted octanol–water partition coefficient (Wildman–Crippen LogP) is 2.48. The Labute approximate surface area is 133 Å². The zero-order chi connectivity index (χ0) is 15.9. The molecule has 1 aromatic heterocycles. The number of benzene rings is 1. The fourth-order valence-corrected chi connectivity index (χ4v) is 2.12. The molecular formula is C14H17N5O2S. The van der Waals surface area contributed by atoms with Gasteiger partial charge in [-0.25, -0.2) is 0 Å². The molecule has 0 unspecified atom stereocenters. The minimum absolute atomic E-state index is 0.0295. The summed E-state index contributed by atoms with van der Waals surface area (Å²) < 4.78 is 1.88. The fourth-order valence-electron chi connectivity index (χ4n) is 1.90. The van der Waals surface area contributed by atoms with Crippen molar-refractivity contribution in [3.05, 3.63) is 52.3 Å². The number of nitro benzene ring substituents is 1. The Morgan fingerprint density at radius 3 is 3.00 bits per heavy atom. The van der Waals surface area contributed by atoms with Crippen LogP contribution in [0.15, 0.2) is 36.7 Å². The van der Waals surface area contributed by atoms with Gasteiger partial charge in [0.05, 0.1) is 11.1 Å². The standard InChI is InChI=1S/C14H17N5O2S/c1-11-9-16-18(10-11)7-3-6-15-14(22)17-12-4-2-5-13(8-12)19(20)21/h2,4-5,8-10H,3,6-7H2,1H3,(H2,15,17,22). The number of hydrogen-bond acceptors (Lipinski definition) is 4. The molecule has 7 nitrogen and oxygen atoms in total. The number of hydrogen-bond donors (Lipinski definition) is 2. The van der Waals surface area contributed by atoms with Crippen LogP contribution in [0.4, 0.5) is 11.4 Å². The Morgan fingerprint density at radius 1 is 1.50 bits per heavy atom. The van der Waals surface area contributed by atoms with Crippen LogP contribution in [0.1, 0.15) is 12.0 Å². The van der Waals surface area contributed by atoms with Gasteiger partial charge >= 0.3 is 0 Å². The van der Waals surface area contributed by atoms with Crippen molar-refractivity contribution >= 4 is 28.7 Å². The lowest BCUT2D eigenvalue weighted by Crippen LogP contribution is -2.29. The summed E-state index contributed by atoms with van der Waals surface area (Å²) >= 11 is 5.16. The molecule has 0 radical (unpaired) electrons. The van der Waals surface area contributed by atoms with Crippen LogP contribution in [-0.2, 0) is 6.54 Å². The molecule has 0 saturated heterocycles. The maximum absolute atomic E-state index is 10.7. The monoisotopic (exact) mass is 319 g/mol. The third-order valence-electron chi connectivity index (χ3n) is 2.93. The summed E-state index contributed by atoms with van der Waals surface area (Å²) in [5.74, 6) is 0. The summed E-state index contributed by atoms with van der Waals surface area (Å²) in [5, 5.41) is 21.4. The maximum atomic E-state index is 10.7. The Kier molecular flexibility index (Phi) is 5.42. The minimum atomic E-state index is -0.437. The molecule has 116 valence electrons. The van der Waals surface area contributed by atoms with E-state index >= 15 is 0 Å². The molecule has 2 aromatic rings. The van der Waals surface area contributed by atoms with Crippen molar-refractivity contribution in [2.45, 2.75) is 19.9 Å². The summed E-state index contributed by atoms with van der Waals surface area (Å²) in [6, 6.07) is 6.23.